The predicted molar refractivity (Wildman–Crippen MR) is 119 cm³/mol. The molecule has 0 heterocycles. The number of nitrogens with zero attached hydrogens (tertiary/aromatic N) is 1. The van der Waals surface area contributed by atoms with Crippen LogP contribution in [0.4, 0.5) is 5.69 Å². The molecule has 4 aromatic carbocycles. The number of ether oxygens (including phenoxy) is 1. The first-order valence-electron chi connectivity index (χ1n) is 9.35. The summed E-state index contributed by atoms with van der Waals surface area (Å²) in [5.74, 6) is 0.476. The normalized spacial score (nSPS) is 11.1. The van der Waals surface area contributed by atoms with Gasteiger partial charge in [-0.1, -0.05) is 66.7 Å². The molecule has 0 unspecified atom stereocenters. The molecule has 1 amide bonds. The largest absolute Gasteiger partial charge is 0.496 e. The quantitative estimate of drug-likeness (QED) is 0.379. The van der Waals surface area contributed by atoms with E-state index in [0.29, 0.717) is 5.75 Å². The lowest BCUT2D eigenvalue weighted by molar-refractivity contribution is -0.119. The first-order chi connectivity index (χ1) is 14.3. The Balaban J connectivity index is 1.45. The molecule has 0 aliphatic carbocycles. The third kappa shape index (κ3) is 4.04. The van der Waals surface area contributed by atoms with Crippen LogP contribution in [-0.4, -0.2) is 25.8 Å². The van der Waals surface area contributed by atoms with Crippen LogP contribution in [-0.2, 0) is 4.79 Å². The number of hydrazone groups is 1. The van der Waals surface area contributed by atoms with Crippen LogP contribution in [0.1, 0.15) is 5.56 Å². The Hall–Kier alpha value is -3.86. The zero-order chi connectivity index (χ0) is 20.1. The minimum Gasteiger partial charge on any atom is -0.496 e. The van der Waals surface area contributed by atoms with E-state index in [4.69, 9.17) is 4.74 Å². The Kier molecular flexibility index (Phi) is 5.38. The van der Waals surface area contributed by atoms with Gasteiger partial charge in [0.25, 0.3) is 5.91 Å². The molecule has 0 spiro atoms. The third-order valence-corrected chi connectivity index (χ3v) is 4.76. The molecule has 0 aliphatic rings. The second-order valence-corrected chi connectivity index (χ2v) is 6.58. The molecule has 5 nitrogen and oxygen atoms in total. The Morgan fingerprint density at radius 2 is 1.59 bits per heavy atom. The van der Waals surface area contributed by atoms with Crippen molar-refractivity contribution in [3.8, 4) is 5.75 Å². The van der Waals surface area contributed by atoms with Crippen molar-refractivity contribution in [3.05, 3.63) is 84.4 Å². The molecule has 0 saturated carbocycles. The van der Waals surface area contributed by atoms with Gasteiger partial charge < -0.3 is 10.1 Å². The van der Waals surface area contributed by atoms with E-state index in [2.05, 4.69) is 15.8 Å². The fraction of sp³-hybridized carbons (Fsp3) is 0.0833. The van der Waals surface area contributed by atoms with E-state index >= 15 is 0 Å². The summed E-state index contributed by atoms with van der Waals surface area (Å²) in [6.45, 7) is 0.123. The summed E-state index contributed by atoms with van der Waals surface area (Å²) >= 11 is 0. The number of hydrogen-bond acceptors (Lipinski definition) is 4. The van der Waals surface area contributed by atoms with Crippen molar-refractivity contribution in [3.63, 3.8) is 0 Å². The van der Waals surface area contributed by atoms with Crippen LogP contribution in [0, 0.1) is 0 Å². The number of nitrogens with one attached hydrogen (secondary N) is 2. The maximum atomic E-state index is 12.2. The molecule has 0 aliphatic heterocycles. The van der Waals surface area contributed by atoms with Crippen molar-refractivity contribution in [2.24, 2.45) is 5.10 Å². The SMILES string of the molecule is COc1ccc2ccccc2c1/C=N/NC(=O)CNc1cccc2ccccc12. The van der Waals surface area contributed by atoms with E-state index in [9.17, 15) is 4.79 Å². The number of rotatable bonds is 6. The highest BCUT2D eigenvalue weighted by Crippen LogP contribution is 2.26. The molecule has 2 N–H and O–H groups in total. The van der Waals surface area contributed by atoms with Gasteiger partial charge in [-0.2, -0.15) is 5.10 Å². The predicted octanol–water partition coefficient (Wildman–Crippen LogP) is 4.56. The minimum absolute atomic E-state index is 0.123. The second-order valence-electron chi connectivity index (χ2n) is 6.58. The van der Waals surface area contributed by atoms with Crippen molar-refractivity contribution in [2.45, 2.75) is 0 Å². The van der Waals surface area contributed by atoms with Gasteiger partial charge >= 0.3 is 0 Å². The number of anilines is 1. The monoisotopic (exact) mass is 383 g/mol. The Labute approximate surface area is 169 Å². The average molecular weight is 383 g/mol. The number of fused-ring (bicyclic) bond motifs is 2. The molecule has 0 radical (unpaired) electrons. The lowest BCUT2D eigenvalue weighted by atomic mass is 10.0. The standard InChI is InChI=1S/C24H21N3O2/c1-29-23-14-13-18-8-2-4-10-19(18)21(23)15-26-27-24(28)16-25-22-12-6-9-17-7-3-5-11-20(17)22/h2-15,25H,16H2,1H3,(H,27,28)/b26-15+. The third-order valence-electron chi connectivity index (χ3n) is 4.76. The van der Waals surface area contributed by atoms with Gasteiger partial charge in [-0.25, -0.2) is 5.43 Å². The molecule has 0 saturated heterocycles. The topological polar surface area (TPSA) is 62.7 Å². The highest BCUT2D eigenvalue weighted by Gasteiger charge is 2.07. The second kappa shape index (κ2) is 8.44. The van der Waals surface area contributed by atoms with Gasteiger partial charge in [-0.15, -0.1) is 0 Å². The van der Waals surface area contributed by atoms with Crippen LogP contribution < -0.4 is 15.5 Å². The molecule has 0 aromatic heterocycles. The summed E-state index contributed by atoms with van der Waals surface area (Å²) in [5.41, 5.74) is 4.32. The van der Waals surface area contributed by atoms with Gasteiger partial charge in [0.2, 0.25) is 0 Å². The number of hydrogen-bond donors (Lipinski definition) is 2. The summed E-state index contributed by atoms with van der Waals surface area (Å²) in [5, 5.41) is 11.6. The van der Waals surface area contributed by atoms with E-state index < -0.39 is 0 Å². The minimum atomic E-state index is -0.228. The van der Waals surface area contributed by atoms with Crippen LogP contribution in [0.5, 0.6) is 5.75 Å². The van der Waals surface area contributed by atoms with Gasteiger partial charge in [-0.05, 0) is 28.3 Å². The number of benzene rings is 4. The number of amides is 1. The maximum Gasteiger partial charge on any atom is 0.259 e. The zero-order valence-corrected chi connectivity index (χ0v) is 16.1. The highest BCUT2D eigenvalue weighted by atomic mass is 16.5. The molecule has 29 heavy (non-hydrogen) atoms. The van der Waals surface area contributed by atoms with E-state index in [1.807, 2.05) is 78.9 Å². The van der Waals surface area contributed by atoms with Crippen LogP contribution >= 0.6 is 0 Å². The van der Waals surface area contributed by atoms with Crippen molar-refractivity contribution in [2.75, 3.05) is 19.0 Å². The molecule has 5 heteroatoms. The Bertz CT molecular complexity index is 1200. The molecule has 0 fully saturated rings. The summed E-state index contributed by atoms with van der Waals surface area (Å²) in [6.07, 6.45) is 1.62. The van der Waals surface area contributed by atoms with Gasteiger partial charge in [0, 0.05) is 16.6 Å². The van der Waals surface area contributed by atoms with Crippen LogP contribution in [0.2, 0.25) is 0 Å². The highest BCUT2D eigenvalue weighted by molar-refractivity contribution is 6.02. The Morgan fingerprint density at radius 1 is 0.897 bits per heavy atom. The van der Waals surface area contributed by atoms with Crippen molar-refractivity contribution >= 4 is 39.4 Å². The van der Waals surface area contributed by atoms with Gasteiger partial charge in [0.15, 0.2) is 0 Å². The number of carbonyl (C=O) groups is 1. The fourth-order valence-electron chi connectivity index (χ4n) is 3.35. The smallest absolute Gasteiger partial charge is 0.259 e. The molecule has 0 atom stereocenters. The summed E-state index contributed by atoms with van der Waals surface area (Å²) < 4.78 is 5.44. The maximum absolute atomic E-state index is 12.2. The molecular formula is C24H21N3O2. The zero-order valence-electron chi connectivity index (χ0n) is 16.1. The van der Waals surface area contributed by atoms with Crippen molar-refractivity contribution in [1.29, 1.82) is 0 Å². The van der Waals surface area contributed by atoms with Crippen molar-refractivity contribution in [1.82, 2.24) is 5.43 Å². The molecule has 0 bridgehead atoms. The molecular weight excluding hydrogens is 362 g/mol. The van der Waals surface area contributed by atoms with Crippen LogP contribution in [0.3, 0.4) is 0 Å². The molecule has 4 aromatic rings. The lowest BCUT2D eigenvalue weighted by Crippen LogP contribution is -2.26. The summed E-state index contributed by atoms with van der Waals surface area (Å²) in [6, 6.07) is 25.9. The first kappa shape index (κ1) is 18.5. The van der Waals surface area contributed by atoms with Crippen molar-refractivity contribution < 1.29 is 9.53 Å². The average Bonchev–Trinajstić information content (AvgIpc) is 2.77. The number of carbonyl (C=O) groups excluding carboxylic acids is 1. The number of methoxy groups -OCH3 is 1. The molecule has 4 rings (SSSR count). The van der Waals surface area contributed by atoms with Gasteiger partial charge in [0.05, 0.1) is 19.9 Å². The van der Waals surface area contributed by atoms with E-state index in [1.54, 1.807) is 13.3 Å². The lowest BCUT2D eigenvalue weighted by Gasteiger charge is -2.09. The van der Waals surface area contributed by atoms with E-state index in [1.165, 1.54) is 0 Å². The Morgan fingerprint density at radius 3 is 2.38 bits per heavy atom. The van der Waals surface area contributed by atoms with E-state index in [-0.39, 0.29) is 12.5 Å². The summed E-state index contributed by atoms with van der Waals surface area (Å²) in [4.78, 5) is 12.2. The van der Waals surface area contributed by atoms with Crippen LogP contribution in [0.25, 0.3) is 21.5 Å². The van der Waals surface area contributed by atoms with Crippen LogP contribution in [0.15, 0.2) is 84.0 Å². The van der Waals surface area contributed by atoms with Gasteiger partial charge in [0.1, 0.15) is 5.75 Å². The van der Waals surface area contributed by atoms with E-state index in [0.717, 1.165) is 32.8 Å². The summed E-state index contributed by atoms with van der Waals surface area (Å²) in [7, 11) is 1.62. The first-order valence-corrected chi connectivity index (χ1v) is 9.35. The fourth-order valence-corrected chi connectivity index (χ4v) is 3.35. The molecule has 144 valence electrons. The van der Waals surface area contributed by atoms with Gasteiger partial charge in [-0.3, -0.25) is 4.79 Å².